The Balaban J connectivity index is 2.78. The smallest absolute Gasteiger partial charge is 0.313 e. The third-order valence-corrected chi connectivity index (χ3v) is 2.27. The molecule has 0 bridgehead atoms. The van der Waals surface area contributed by atoms with Crippen molar-refractivity contribution < 1.29 is 14.3 Å². The van der Waals surface area contributed by atoms with Gasteiger partial charge in [-0.25, -0.2) is 0 Å². The first-order chi connectivity index (χ1) is 8.69. The summed E-state index contributed by atoms with van der Waals surface area (Å²) in [6.45, 7) is 1.93. The molecule has 0 saturated carbocycles. The Bertz CT molecular complexity index is 477. The Kier molecular flexibility index (Phi) is 5.52. The van der Waals surface area contributed by atoms with Crippen LogP contribution in [0.3, 0.4) is 0 Å². The van der Waals surface area contributed by atoms with Crippen LogP contribution >= 0.6 is 0 Å². The summed E-state index contributed by atoms with van der Waals surface area (Å²) in [4.78, 5) is 27.1. The summed E-state index contributed by atoms with van der Waals surface area (Å²) in [6, 6.07) is 5.45. The van der Waals surface area contributed by atoms with Crippen molar-refractivity contribution in [2.45, 2.75) is 26.2 Å². The van der Waals surface area contributed by atoms with Gasteiger partial charge in [0.2, 0.25) is 0 Å². The lowest BCUT2D eigenvalue weighted by Crippen LogP contribution is -2.14. The molecule has 0 aliphatic carbocycles. The monoisotopic (exact) mass is 246 g/mol. The maximum absolute atomic E-state index is 11.9. The average molecular weight is 246 g/mol. The molecule has 0 aliphatic rings. The molecule has 1 heterocycles. The van der Waals surface area contributed by atoms with Gasteiger partial charge in [-0.1, -0.05) is 6.07 Å². The minimum absolute atomic E-state index is 0.246. The topological polar surface area (TPSA) is 80.1 Å². The molecule has 18 heavy (non-hydrogen) atoms. The highest BCUT2D eigenvalue weighted by Gasteiger charge is 2.16. The fourth-order valence-electron chi connectivity index (χ4n) is 1.51. The number of nitriles is 1. The van der Waals surface area contributed by atoms with Crippen LogP contribution in [0.25, 0.3) is 0 Å². The van der Waals surface area contributed by atoms with Gasteiger partial charge in [0.1, 0.15) is 12.1 Å². The normalized spacial score (nSPS) is 9.56. The van der Waals surface area contributed by atoms with E-state index in [0.29, 0.717) is 18.4 Å². The van der Waals surface area contributed by atoms with Crippen LogP contribution < -0.4 is 0 Å². The average Bonchev–Trinajstić information content (AvgIpc) is 2.36. The molecule has 0 spiro atoms. The fraction of sp³-hybridized carbons (Fsp3) is 0.385. The Hall–Kier alpha value is -2.22. The molecule has 0 aliphatic heterocycles. The molecule has 0 unspecified atom stereocenters. The van der Waals surface area contributed by atoms with Crippen LogP contribution in [0.1, 0.15) is 35.8 Å². The van der Waals surface area contributed by atoms with Crippen LogP contribution in [-0.2, 0) is 16.0 Å². The predicted octanol–water partition coefficient (Wildman–Crippen LogP) is 1.67. The largest absolute Gasteiger partial charge is 0.466 e. The number of carbonyl (C=O) groups is 2. The van der Waals surface area contributed by atoms with Gasteiger partial charge < -0.3 is 4.74 Å². The van der Waals surface area contributed by atoms with Crippen LogP contribution in [0.15, 0.2) is 18.3 Å². The molecular weight excluding hydrogens is 232 g/mol. The number of aromatic nitrogens is 1. The minimum atomic E-state index is -0.556. The summed E-state index contributed by atoms with van der Waals surface area (Å²) < 4.78 is 4.72. The molecule has 5 nitrogen and oxygen atoms in total. The van der Waals surface area contributed by atoms with E-state index in [9.17, 15) is 9.59 Å². The SMILES string of the molecule is CCOC(=O)CC(=O)c1ncccc1CCC#N. The van der Waals surface area contributed by atoms with E-state index in [2.05, 4.69) is 4.98 Å². The fourth-order valence-corrected chi connectivity index (χ4v) is 1.51. The second-order valence-corrected chi connectivity index (χ2v) is 3.57. The van der Waals surface area contributed by atoms with E-state index in [4.69, 9.17) is 10.00 Å². The van der Waals surface area contributed by atoms with Gasteiger partial charge in [-0.05, 0) is 25.0 Å². The first kappa shape index (κ1) is 13.8. The molecule has 5 heteroatoms. The number of esters is 1. The second-order valence-electron chi connectivity index (χ2n) is 3.57. The number of hydrogen-bond acceptors (Lipinski definition) is 5. The van der Waals surface area contributed by atoms with E-state index in [1.54, 1.807) is 19.1 Å². The lowest BCUT2D eigenvalue weighted by atomic mass is 10.0. The Morgan fingerprint density at radius 3 is 2.94 bits per heavy atom. The molecule has 0 radical (unpaired) electrons. The summed E-state index contributed by atoms with van der Waals surface area (Å²) in [7, 11) is 0. The van der Waals surface area contributed by atoms with E-state index >= 15 is 0 Å². The van der Waals surface area contributed by atoms with E-state index < -0.39 is 5.97 Å². The highest BCUT2D eigenvalue weighted by molar-refractivity contribution is 6.05. The molecule has 0 aromatic carbocycles. The second kappa shape index (κ2) is 7.17. The van der Waals surface area contributed by atoms with E-state index in [1.807, 2.05) is 6.07 Å². The van der Waals surface area contributed by atoms with Gasteiger partial charge in [-0.2, -0.15) is 5.26 Å². The van der Waals surface area contributed by atoms with Crippen LogP contribution in [0, 0.1) is 11.3 Å². The van der Waals surface area contributed by atoms with Crippen molar-refractivity contribution in [1.82, 2.24) is 4.98 Å². The number of ether oxygens (including phenoxy) is 1. The van der Waals surface area contributed by atoms with Crippen LogP contribution in [0.2, 0.25) is 0 Å². The van der Waals surface area contributed by atoms with Gasteiger partial charge >= 0.3 is 5.97 Å². The van der Waals surface area contributed by atoms with Gasteiger partial charge in [0, 0.05) is 12.6 Å². The first-order valence-corrected chi connectivity index (χ1v) is 5.68. The zero-order chi connectivity index (χ0) is 13.4. The van der Waals surface area contributed by atoms with Crippen LogP contribution in [0.5, 0.6) is 0 Å². The van der Waals surface area contributed by atoms with E-state index in [-0.39, 0.29) is 24.5 Å². The van der Waals surface area contributed by atoms with Crippen molar-refractivity contribution in [3.05, 3.63) is 29.6 Å². The third kappa shape index (κ3) is 3.98. The summed E-state index contributed by atoms with van der Waals surface area (Å²) in [5, 5.41) is 8.54. The van der Waals surface area contributed by atoms with E-state index in [1.165, 1.54) is 6.20 Å². The molecular formula is C13H14N2O3. The quantitative estimate of drug-likeness (QED) is 0.433. The van der Waals surface area contributed by atoms with E-state index in [0.717, 1.165) is 0 Å². The molecule has 0 fully saturated rings. The molecule has 0 amide bonds. The Morgan fingerprint density at radius 1 is 1.50 bits per heavy atom. The number of ketones is 1. The number of nitrogens with zero attached hydrogens (tertiary/aromatic N) is 2. The molecule has 0 atom stereocenters. The highest BCUT2D eigenvalue weighted by Crippen LogP contribution is 2.11. The van der Waals surface area contributed by atoms with Gasteiger partial charge in [-0.3, -0.25) is 14.6 Å². The first-order valence-electron chi connectivity index (χ1n) is 5.68. The minimum Gasteiger partial charge on any atom is -0.466 e. The van der Waals surface area contributed by atoms with Gasteiger partial charge in [0.15, 0.2) is 5.78 Å². The number of hydrogen-bond donors (Lipinski definition) is 0. The van der Waals surface area contributed by atoms with Crippen molar-refractivity contribution in [2.24, 2.45) is 0 Å². The number of pyridine rings is 1. The third-order valence-electron chi connectivity index (χ3n) is 2.27. The highest BCUT2D eigenvalue weighted by atomic mass is 16.5. The molecule has 0 N–H and O–H groups in total. The standard InChI is InChI=1S/C13H14N2O3/c1-2-18-12(17)9-11(16)13-10(5-3-7-14)6-4-8-15-13/h4,6,8H,2-3,5,9H2,1H3. The van der Waals surface area contributed by atoms with Crippen molar-refractivity contribution in [1.29, 1.82) is 5.26 Å². The lowest BCUT2D eigenvalue weighted by molar-refractivity contribution is -0.141. The summed E-state index contributed by atoms with van der Waals surface area (Å²) in [5.41, 5.74) is 0.939. The van der Waals surface area contributed by atoms with Crippen molar-refractivity contribution >= 4 is 11.8 Å². The zero-order valence-corrected chi connectivity index (χ0v) is 10.2. The molecule has 1 rings (SSSR count). The Morgan fingerprint density at radius 2 is 2.28 bits per heavy atom. The number of aryl methyl sites for hydroxylation is 1. The maximum atomic E-state index is 11.9. The summed E-state index contributed by atoms with van der Waals surface area (Å²) in [6.07, 6.45) is 1.94. The molecule has 1 aromatic heterocycles. The van der Waals surface area contributed by atoms with Crippen LogP contribution in [-0.4, -0.2) is 23.3 Å². The van der Waals surface area contributed by atoms with Gasteiger partial charge in [-0.15, -0.1) is 0 Å². The number of rotatable bonds is 6. The Labute approximate surface area is 105 Å². The lowest BCUT2D eigenvalue weighted by Gasteiger charge is -2.05. The molecule has 94 valence electrons. The number of carbonyl (C=O) groups excluding carboxylic acids is 2. The van der Waals surface area contributed by atoms with Crippen molar-refractivity contribution in [3.8, 4) is 6.07 Å². The number of Topliss-reactive ketones (excluding diaryl/α,β-unsaturated/α-hetero) is 1. The van der Waals surface area contributed by atoms with Crippen molar-refractivity contribution in [2.75, 3.05) is 6.61 Å². The van der Waals surface area contributed by atoms with Crippen molar-refractivity contribution in [3.63, 3.8) is 0 Å². The van der Waals surface area contributed by atoms with Gasteiger partial charge in [0.25, 0.3) is 0 Å². The summed E-state index contributed by atoms with van der Waals surface area (Å²) in [5.74, 6) is -0.929. The predicted molar refractivity (Wildman–Crippen MR) is 63.8 cm³/mol. The van der Waals surface area contributed by atoms with Crippen LogP contribution in [0.4, 0.5) is 0 Å². The van der Waals surface area contributed by atoms with Gasteiger partial charge in [0.05, 0.1) is 12.7 Å². The zero-order valence-electron chi connectivity index (χ0n) is 10.2. The summed E-state index contributed by atoms with van der Waals surface area (Å²) >= 11 is 0. The molecule has 1 aromatic rings. The molecule has 0 saturated heterocycles. The maximum Gasteiger partial charge on any atom is 0.313 e.